The summed E-state index contributed by atoms with van der Waals surface area (Å²) in [5.41, 5.74) is 7.68. The molecule has 5 rings (SSSR count). The lowest BCUT2D eigenvalue weighted by molar-refractivity contribution is 1.60. The normalized spacial score (nSPS) is 11.7. The SMILES string of the molecule is Brc1ccc[c]c1-c1ccc2c3c(cccc13)-c1ccccc1-2. The van der Waals surface area contributed by atoms with Gasteiger partial charge in [-0.05, 0) is 50.7 Å². The molecule has 1 heteroatoms. The van der Waals surface area contributed by atoms with Crippen molar-refractivity contribution in [2.45, 2.75) is 0 Å². The molecular formula is C22H12Br. The van der Waals surface area contributed by atoms with E-state index in [1.165, 1.54) is 38.6 Å². The molecule has 0 spiro atoms. The molecule has 0 aromatic heterocycles. The summed E-state index contributed by atoms with van der Waals surface area (Å²) in [7, 11) is 0. The van der Waals surface area contributed by atoms with E-state index in [0.29, 0.717) is 0 Å². The van der Waals surface area contributed by atoms with E-state index in [2.05, 4.69) is 82.7 Å². The second-order valence-electron chi connectivity index (χ2n) is 5.83. The first kappa shape index (κ1) is 13.1. The second-order valence-corrected chi connectivity index (χ2v) is 6.68. The molecule has 0 aliphatic heterocycles. The number of benzene rings is 4. The Morgan fingerprint density at radius 3 is 2.09 bits per heavy atom. The average molecular weight is 356 g/mol. The van der Waals surface area contributed by atoms with E-state index in [0.717, 1.165) is 10.0 Å². The van der Waals surface area contributed by atoms with Crippen molar-refractivity contribution in [3.63, 3.8) is 0 Å². The van der Waals surface area contributed by atoms with Crippen molar-refractivity contribution in [2.75, 3.05) is 0 Å². The number of rotatable bonds is 1. The molecule has 0 saturated heterocycles. The van der Waals surface area contributed by atoms with Crippen molar-refractivity contribution in [3.8, 4) is 33.4 Å². The highest BCUT2D eigenvalue weighted by molar-refractivity contribution is 9.10. The fourth-order valence-electron chi connectivity index (χ4n) is 3.65. The lowest BCUT2D eigenvalue weighted by Crippen LogP contribution is -1.84. The molecule has 1 aliphatic carbocycles. The van der Waals surface area contributed by atoms with Crippen molar-refractivity contribution >= 4 is 26.7 Å². The fourth-order valence-corrected chi connectivity index (χ4v) is 4.13. The summed E-state index contributed by atoms with van der Waals surface area (Å²) in [5, 5.41) is 2.65. The molecule has 0 amide bonds. The maximum atomic E-state index is 3.67. The Kier molecular flexibility index (Phi) is 2.74. The predicted molar refractivity (Wildman–Crippen MR) is 100 cm³/mol. The predicted octanol–water partition coefficient (Wildman–Crippen LogP) is 6.72. The number of halogens is 1. The summed E-state index contributed by atoms with van der Waals surface area (Å²) in [6.45, 7) is 0. The number of hydrogen-bond donors (Lipinski definition) is 0. The maximum absolute atomic E-state index is 3.67. The van der Waals surface area contributed by atoms with Gasteiger partial charge in [-0.3, -0.25) is 0 Å². The van der Waals surface area contributed by atoms with Crippen LogP contribution in [0, 0.1) is 6.07 Å². The lowest BCUT2D eigenvalue weighted by Gasteiger charge is -2.10. The molecule has 0 N–H and O–H groups in total. The second kappa shape index (κ2) is 4.81. The summed E-state index contributed by atoms with van der Waals surface area (Å²) in [4.78, 5) is 0. The molecule has 107 valence electrons. The minimum Gasteiger partial charge on any atom is -0.0616 e. The zero-order valence-electron chi connectivity index (χ0n) is 12.3. The van der Waals surface area contributed by atoms with E-state index in [-0.39, 0.29) is 0 Å². The van der Waals surface area contributed by atoms with Gasteiger partial charge in [0, 0.05) is 10.0 Å². The van der Waals surface area contributed by atoms with Gasteiger partial charge in [-0.15, -0.1) is 0 Å². The Morgan fingerprint density at radius 2 is 1.30 bits per heavy atom. The van der Waals surface area contributed by atoms with Gasteiger partial charge >= 0.3 is 0 Å². The first-order valence-electron chi connectivity index (χ1n) is 7.67. The summed E-state index contributed by atoms with van der Waals surface area (Å²) < 4.78 is 1.08. The standard InChI is InChI=1S/C22H12Br/c23-21-11-4-3-8-17(21)16-12-13-20-15-7-2-1-6-14(15)18-9-5-10-19(16)22(18)20/h1-7,9-13H. The Labute approximate surface area is 143 Å². The minimum absolute atomic E-state index is 1.08. The van der Waals surface area contributed by atoms with Crippen molar-refractivity contribution in [1.82, 2.24) is 0 Å². The third-order valence-electron chi connectivity index (χ3n) is 4.62. The molecule has 1 aliphatic rings. The molecule has 0 bridgehead atoms. The quantitative estimate of drug-likeness (QED) is 0.313. The van der Waals surface area contributed by atoms with Gasteiger partial charge in [0.05, 0.1) is 0 Å². The lowest BCUT2D eigenvalue weighted by atomic mass is 9.94. The molecule has 0 nitrogen and oxygen atoms in total. The van der Waals surface area contributed by atoms with Gasteiger partial charge in [-0.1, -0.05) is 82.7 Å². The van der Waals surface area contributed by atoms with Crippen LogP contribution in [0.3, 0.4) is 0 Å². The first-order valence-corrected chi connectivity index (χ1v) is 8.46. The van der Waals surface area contributed by atoms with Gasteiger partial charge in [0.1, 0.15) is 0 Å². The zero-order chi connectivity index (χ0) is 15.4. The van der Waals surface area contributed by atoms with Gasteiger partial charge in [0.25, 0.3) is 0 Å². The van der Waals surface area contributed by atoms with E-state index < -0.39 is 0 Å². The maximum Gasteiger partial charge on any atom is 0.0260 e. The smallest absolute Gasteiger partial charge is 0.0260 e. The highest BCUT2D eigenvalue weighted by Crippen LogP contribution is 2.49. The molecule has 23 heavy (non-hydrogen) atoms. The van der Waals surface area contributed by atoms with E-state index in [4.69, 9.17) is 0 Å². The molecule has 4 aromatic rings. The van der Waals surface area contributed by atoms with Crippen molar-refractivity contribution < 1.29 is 0 Å². The van der Waals surface area contributed by atoms with Crippen LogP contribution in [-0.2, 0) is 0 Å². The first-order chi connectivity index (χ1) is 11.3. The minimum atomic E-state index is 1.08. The molecule has 0 unspecified atom stereocenters. The molecule has 0 heterocycles. The van der Waals surface area contributed by atoms with Gasteiger partial charge < -0.3 is 0 Å². The Bertz CT molecular complexity index is 1050. The third kappa shape index (κ3) is 1.77. The highest BCUT2D eigenvalue weighted by Gasteiger charge is 2.22. The van der Waals surface area contributed by atoms with E-state index in [1.807, 2.05) is 12.1 Å². The van der Waals surface area contributed by atoms with Gasteiger partial charge in [0.2, 0.25) is 0 Å². The average Bonchev–Trinajstić information content (AvgIpc) is 2.93. The monoisotopic (exact) mass is 355 g/mol. The van der Waals surface area contributed by atoms with Crippen LogP contribution >= 0.6 is 15.9 Å². The third-order valence-corrected chi connectivity index (χ3v) is 5.28. The molecule has 4 aromatic carbocycles. The van der Waals surface area contributed by atoms with E-state index >= 15 is 0 Å². The van der Waals surface area contributed by atoms with Crippen LogP contribution in [0.5, 0.6) is 0 Å². The summed E-state index contributed by atoms with van der Waals surface area (Å²) in [5.74, 6) is 0. The number of fused-ring (bicyclic) bond motifs is 3. The summed E-state index contributed by atoms with van der Waals surface area (Å²) in [6, 6.07) is 29.2. The Balaban J connectivity index is 1.92. The largest absolute Gasteiger partial charge is 0.0616 e. The molecule has 0 fully saturated rings. The Hall–Kier alpha value is -2.38. The van der Waals surface area contributed by atoms with Gasteiger partial charge in [-0.25, -0.2) is 0 Å². The van der Waals surface area contributed by atoms with Crippen LogP contribution in [0.15, 0.2) is 77.3 Å². The molecule has 0 saturated carbocycles. The van der Waals surface area contributed by atoms with Crippen LogP contribution in [0.25, 0.3) is 44.2 Å². The topological polar surface area (TPSA) is 0 Å². The van der Waals surface area contributed by atoms with Crippen LogP contribution < -0.4 is 0 Å². The number of hydrogen-bond acceptors (Lipinski definition) is 0. The van der Waals surface area contributed by atoms with Crippen molar-refractivity contribution in [3.05, 3.63) is 83.3 Å². The molecule has 1 radical (unpaired) electrons. The van der Waals surface area contributed by atoms with Gasteiger partial charge in [0.15, 0.2) is 0 Å². The van der Waals surface area contributed by atoms with Crippen LogP contribution in [0.2, 0.25) is 0 Å². The van der Waals surface area contributed by atoms with Crippen molar-refractivity contribution in [2.24, 2.45) is 0 Å². The fraction of sp³-hybridized carbons (Fsp3) is 0. The molecule has 0 atom stereocenters. The Morgan fingerprint density at radius 1 is 0.609 bits per heavy atom. The summed E-state index contributed by atoms with van der Waals surface area (Å²) >= 11 is 3.67. The van der Waals surface area contributed by atoms with E-state index in [9.17, 15) is 0 Å². The summed E-state index contributed by atoms with van der Waals surface area (Å²) in [6.07, 6.45) is 0. The van der Waals surface area contributed by atoms with Crippen molar-refractivity contribution in [1.29, 1.82) is 0 Å². The molecular weight excluding hydrogens is 344 g/mol. The van der Waals surface area contributed by atoms with Crippen LogP contribution in [-0.4, -0.2) is 0 Å². The zero-order valence-corrected chi connectivity index (χ0v) is 13.9. The highest BCUT2D eigenvalue weighted by atomic mass is 79.9. The van der Waals surface area contributed by atoms with Gasteiger partial charge in [-0.2, -0.15) is 0 Å². The van der Waals surface area contributed by atoms with E-state index in [1.54, 1.807) is 0 Å². The van der Waals surface area contributed by atoms with Crippen LogP contribution in [0.1, 0.15) is 0 Å². The van der Waals surface area contributed by atoms with Crippen LogP contribution in [0.4, 0.5) is 0 Å².